The topological polar surface area (TPSA) is 33.1 Å². The van der Waals surface area contributed by atoms with Gasteiger partial charge in [-0.3, -0.25) is 9.58 Å². The Kier molecular flexibility index (Phi) is 3.06. The number of hydrogen-bond donors (Lipinski definition) is 1. The van der Waals surface area contributed by atoms with E-state index >= 15 is 0 Å². The lowest BCUT2D eigenvalue weighted by Gasteiger charge is -2.22. The zero-order valence-corrected chi connectivity index (χ0v) is 11.7. The molecule has 0 spiro atoms. The van der Waals surface area contributed by atoms with Crippen LogP contribution in [0.5, 0.6) is 0 Å². The second-order valence-corrected chi connectivity index (χ2v) is 6.04. The molecule has 0 bridgehead atoms. The maximum atomic E-state index is 4.58. The maximum absolute atomic E-state index is 4.58. The van der Waals surface area contributed by atoms with Crippen molar-refractivity contribution in [1.82, 2.24) is 14.7 Å². The molecule has 4 nitrogen and oxygen atoms in total. The van der Waals surface area contributed by atoms with Crippen molar-refractivity contribution < 1.29 is 0 Å². The third-order valence-electron chi connectivity index (χ3n) is 4.35. The van der Waals surface area contributed by atoms with Gasteiger partial charge in [0.2, 0.25) is 0 Å². The molecule has 18 heavy (non-hydrogen) atoms. The molecular formula is C14H24N4. The standard InChI is InChI=1S/C14H24N4/c1-10(2)14-12(9-17(3)16-14)15-11-6-8-18-7-4-5-13(11)18/h9-11,13,15H,4-8H2,1-3H3. The predicted octanol–water partition coefficient (Wildman–Crippen LogP) is 2.19. The minimum absolute atomic E-state index is 0.481. The van der Waals surface area contributed by atoms with E-state index in [2.05, 4.69) is 35.4 Å². The van der Waals surface area contributed by atoms with Crippen LogP contribution in [0.3, 0.4) is 0 Å². The van der Waals surface area contributed by atoms with Crippen LogP contribution in [0, 0.1) is 0 Å². The molecule has 2 saturated heterocycles. The van der Waals surface area contributed by atoms with Crippen LogP contribution in [0.25, 0.3) is 0 Å². The maximum Gasteiger partial charge on any atom is 0.0881 e. The van der Waals surface area contributed by atoms with Gasteiger partial charge in [0.15, 0.2) is 0 Å². The van der Waals surface area contributed by atoms with Crippen LogP contribution in [-0.2, 0) is 7.05 Å². The van der Waals surface area contributed by atoms with Gasteiger partial charge in [0.1, 0.15) is 0 Å². The number of nitrogens with zero attached hydrogens (tertiary/aromatic N) is 3. The Morgan fingerprint density at radius 2 is 2.17 bits per heavy atom. The van der Waals surface area contributed by atoms with Gasteiger partial charge in [-0.2, -0.15) is 5.10 Å². The molecule has 3 heterocycles. The molecule has 0 saturated carbocycles. The molecule has 0 aliphatic carbocycles. The summed E-state index contributed by atoms with van der Waals surface area (Å²) in [5.74, 6) is 0.481. The van der Waals surface area contributed by atoms with Crippen LogP contribution < -0.4 is 5.32 Å². The number of aryl methyl sites for hydroxylation is 1. The summed E-state index contributed by atoms with van der Waals surface area (Å²) in [6.45, 7) is 6.99. The number of hydrogen-bond acceptors (Lipinski definition) is 3. The van der Waals surface area contributed by atoms with Gasteiger partial charge in [0, 0.05) is 31.9 Å². The molecule has 0 aromatic carbocycles. The zero-order valence-electron chi connectivity index (χ0n) is 11.7. The van der Waals surface area contributed by atoms with Crippen molar-refractivity contribution in [1.29, 1.82) is 0 Å². The van der Waals surface area contributed by atoms with Crippen molar-refractivity contribution in [2.75, 3.05) is 18.4 Å². The lowest BCUT2D eigenvalue weighted by atomic mass is 10.0. The van der Waals surface area contributed by atoms with Gasteiger partial charge in [-0.15, -0.1) is 0 Å². The van der Waals surface area contributed by atoms with Gasteiger partial charge < -0.3 is 5.32 Å². The fourth-order valence-electron chi connectivity index (χ4n) is 3.49. The van der Waals surface area contributed by atoms with Gasteiger partial charge >= 0.3 is 0 Å². The van der Waals surface area contributed by atoms with E-state index in [4.69, 9.17) is 0 Å². The predicted molar refractivity (Wildman–Crippen MR) is 73.9 cm³/mol. The van der Waals surface area contributed by atoms with Gasteiger partial charge in [0.25, 0.3) is 0 Å². The van der Waals surface area contributed by atoms with Crippen molar-refractivity contribution in [3.8, 4) is 0 Å². The highest BCUT2D eigenvalue weighted by molar-refractivity contribution is 5.49. The van der Waals surface area contributed by atoms with E-state index in [1.54, 1.807) is 0 Å². The van der Waals surface area contributed by atoms with Gasteiger partial charge in [-0.1, -0.05) is 13.8 Å². The average Bonchev–Trinajstić information content (AvgIpc) is 2.96. The Bertz CT molecular complexity index is 423. The smallest absolute Gasteiger partial charge is 0.0881 e. The molecule has 2 aliphatic rings. The van der Waals surface area contributed by atoms with Crippen LogP contribution >= 0.6 is 0 Å². The summed E-state index contributed by atoms with van der Waals surface area (Å²) in [4.78, 5) is 2.64. The normalized spacial score (nSPS) is 28.0. The zero-order chi connectivity index (χ0) is 12.7. The molecule has 2 atom stereocenters. The first-order chi connectivity index (χ1) is 8.65. The second kappa shape index (κ2) is 4.57. The van der Waals surface area contributed by atoms with E-state index < -0.39 is 0 Å². The summed E-state index contributed by atoms with van der Waals surface area (Å²) in [7, 11) is 2.01. The summed E-state index contributed by atoms with van der Waals surface area (Å²) >= 11 is 0. The Morgan fingerprint density at radius 3 is 2.94 bits per heavy atom. The summed E-state index contributed by atoms with van der Waals surface area (Å²) in [6, 6.07) is 1.37. The van der Waals surface area contributed by atoms with Crippen molar-refractivity contribution >= 4 is 5.69 Å². The number of rotatable bonds is 3. The number of aromatic nitrogens is 2. The molecule has 0 amide bonds. The summed E-state index contributed by atoms with van der Waals surface area (Å²) in [5, 5.41) is 8.34. The highest BCUT2D eigenvalue weighted by atomic mass is 15.3. The van der Waals surface area contributed by atoms with Crippen LogP contribution in [0.15, 0.2) is 6.20 Å². The second-order valence-electron chi connectivity index (χ2n) is 6.04. The summed E-state index contributed by atoms with van der Waals surface area (Å²) < 4.78 is 1.93. The molecule has 1 aromatic heterocycles. The Labute approximate surface area is 109 Å². The third kappa shape index (κ3) is 2.03. The molecular weight excluding hydrogens is 224 g/mol. The first-order valence-corrected chi connectivity index (χ1v) is 7.19. The lowest BCUT2D eigenvalue weighted by Crippen LogP contribution is -2.33. The van der Waals surface area contributed by atoms with Gasteiger partial charge in [-0.25, -0.2) is 0 Å². The average molecular weight is 248 g/mol. The molecule has 1 N–H and O–H groups in total. The van der Waals surface area contributed by atoms with E-state index in [9.17, 15) is 0 Å². The first kappa shape index (κ1) is 12.0. The Morgan fingerprint density at radius 1 is 1.33 bits per heavy atom. The minimum Gasteiger partial charge on any atom is -0.378 e. The van der Waals surface area contributed by atoms with Gasteiger partial charge in [-0.05, 0) is 31.7 Å². The summed E-state index contributed by atoms with van der Waals surface area (Å²) in [6.07, 6.45) is 6.13. The van der Waals surface area contributed by atoms with E-state index in [1.165, 1.54) is 43.7 Å². The molecule has 2 unspecified atom stereocenters. The van der Waals surface area contributed by atoms with E-state index in [0.29, 0.717) is 12.0 Å². The Balaban J connectivity index is 1.76. The van der Waals surface area contributed by atoms with E-state index in [-0.39, 0.29) is 0 Å². The van der Waals surface area contributed by atoms with Crippen LogP contribution in [0.4, 0.5) is 5.69 Å². The number of nitrogens with one attached hydrogen (secondary N) is 1. The molecule has 1 aromatic rings. The highest BCUT2D eigenvalue weighted by Crippen LogP contribution is 2.31. The van der Waals surface area contributed by atoms with E-state index in [1.807, 2.05) is 11.7 Å². The molecule has 100 valence electrons. The Hall–Kier alpha value is -1.03. The molecule has 0 radical (unpaired) electrons. The lowest BCUT2D eigenvalue weighted by molar-refractivity contribution is 0.318. The molecule has 2 aliphatic heterocycles. The first-order valence-electron chi connectivity index (χ1n) is 7.19. The third-order valence-corrected chi connectivity index (χ3v) is 4.35. The monoisotopic (exact) mass is 248 g/mol. The van der Waals surface area contributed by atoms with Crippen LogP contribution in [0.2, 0.25) is 0 Å². The quantitative estimate of drug-likeness (QED) is 0.890. The van der Waals surface area contributed by atoms with Crippen molar-refractivity contribution in [3.63, 3.8) is 0 Å². The van der Waals surface area contributed by atoms with Crippen molar-refractivity contribution in [3.05, 3.63) is 11.9 Å². The minimum atomic E-state index is 0.481. The summed E-state index contributed by atoms with van der Waals surface area (Å²) in [5.41, 5.74) is 2.44. The highest BCUT2D eigenvalue weighted by Gasteiger charge is 2.37. The van der Waals surface area contributed by atoms with Gasteiger partial charge in [0.05, 0.1) is 11.4 Å². The molecule has 3 rings (SSSR count). The van der Waals surface area contributed by atoms with Crippen LogP contribution in [-0.4, -0.2) is 39.9 Å². The molecule has 4 heteroatoms. The largest absolute Gasteiger partial charge is 0.378 e. The number of fused-ring (bicyclic) bond motifs is 1. The number of anilines is 1. The molecule has 2 fully saturated rings. The van der Waals surface area contributed by atoms with Crippen molar-refractivity contribution in [2.24, 2.45) is 7.05 Å². The fourth-order valence-corrected chi connectivity index (χ4v) is 3.49. The SMILES string of the molecule is CC(C)c1nn(C)cc1NC1CCN2CCCC12. The fraction of sp³-hybridized carbons (Fsp3) is 0.786. The van der Waals surface area contributed by atoms with Crippen LogP contribution in [0.1, 0.15) is 44.7 Å². The van der Waals surface area contributed by atoms with Crippen molar-refractivity contribution in [2.45, 2.75) is 51.1 Å². The van der Waals surface area contributed by atoms with E-state index in [0.717, 1.165) is 6.04 Å².